The highest BCUT2D eigenvalue weighted by Gasteiger charge is 2.08. The van der Waals surface area contributed by atoms with Gasteiger partial charge in [-0.3, -0.25) is 4.79 Å². The number of benzene rings is 2. The van der Waals surface area contributed by atoms with E-state index in [0.29, 0.717) is 22.9 Å². The molecule has 0 aliphatic carbocycles. The Balaban J connectivity index is 1.69. The lowest BCUT2D eigenvalue weighted by atomic mass is 10.2. The Labute approximate surface area is 156 Å². The first-order chi connectivity index (χ1) is 12.5. The Morgan fingerprint density at radius 3 is 2.65 bits per heavy atom. The van der Waals surface area contributed by atoms with E-state index in [-0.39, 0.29) is 11.7 Å². The summed E-state index contributed by atoms with van der Waals surface area (Å²) in [4.78, 5) is 16.6. The topological polar surface area (TPSA) is 54.0 Å². The summed E-state index contributed by atoms with van der Waals surface area (Å²) >= 11 is 6.03. The number of hydrogen-bond acceptors (Lipinski definition) is 3. The van der Waals surface area contributed by atoms with Gasteiger partial charge in [-0.25, -0.2) is 9.37 Å². The van der Waals surface area contributed by atoms with Crippen LogP contribution in [0.25, 0.3) is 0 Å². The first-order valence-corrected chi connectivity index (χ1v) is 8.41. The third kappa shape index (κ3) is 4.58. The van der Waals surface area contributed by atoms with Gasteiger partial charge in [0.1, 0.15) is 11.6 Å². The van der Waals surface area contributed by atoms with Crippen molar-refractivity contribution >= 4 is 29.0 Å². The molecule has 0 spiro atoms. The largest absolute Gasteiger partial charge is 0.348 e. The molecule has 0 unspecified atom stereocenters. The zero-order valence-corrected chi connectivity index (χ0v) is 14.8. The second-order valence-electron chi connectivity index (χ2n) is 5.82. The number of carbonyl (C=O) groups excluding carboxylic acids is 1. The minimum Gasteiger partial charge on any atom is -0.348 e. The number of pyridine rings is 1. The first kappa shape index (κ1) is 17.9. The summed E-state index contributed by atoms with van der Waals surface area (Å²) in [7, 11) is 0. The Hall–Kier alpha value is -2.92. The minimum absolute atomic E-state index is 0.234. The molecule has 3 aromatic rings. The number of aryl methyl sites for hydroxylation is 1. The van der Waals surface area contributed by atoms with Crippen LogP contribution in [-0.4, -0.2) is 10.9 Å². The summed E-state index contributed by atoms with van der Waals surface area (Å²) in [6, 6.07) is 14.8. The van der Waals surface area contributed by atoms with Crippen LogP contribution in [0.1, 0.15) is 21.5 Å². The second kappa shape index (κ2) is 7.97. The number of nitrogens with one attached hydrogen (secondary N) is 2. The molecule has 132 valence electrons. The van der Waals surface area contributed by atoms with Crippen LogP contribution in [0.5, 0.6) is 0 Å². The van der Waals surface area contributed by atoms with Crippen molar-refractivity contribution in [3.05, 3.63) is 88.3 Å². The number of halogens is 2. The van der Waals surface area contributed by atoms with Crippen molar-refractivity contribution in [1.82, 2.24) is 10.3 Å². The highest BCUT2D eigenvalue weighted by Crippen LogP contribution is 2.23. The molecule has 2 aromatic carbocycles. The minimum atomic E-state index is -0.304. The maximum Gasteiger partial charge on any atom is 0.251 e. The molecule has 4 nitrogen and oxygen atoms in total. The average Bonchev–Trinajstić information content (AvgIpc) is 2.64. The number of carbonyl (C=O) groups is 1. The van der Waals surface area contributed by atoms with E-state index in [0.717, 1.165) is 16.8 Å². The first-order valence-electron chi connectivity index (χ1n) is 8.03. The fourth-order valence-electron chi connectivity index (χ4n) is 2.39. The second-order valence-corrected chi connectivity index (χ2v) is 6.26. The van der Waals surface area contributed by atoms with Crippen molar-refractivity contribution in [2.45, 2.75) is 13.5 Å². The predicted molar refractivity (Wildman–Crippen MR) is 101 cm³/mol. The van der Waals surface area contributed by atoms with E-state index in [4.69, 9.17) is 11.6 Å². The summed E-state index contributed by atoms with van der Waals surface area (Å²) in [6.07, 6.45) is 1.56. The lowest BCUT2D eigenvalue weighted by Crippen LogP contribution is -2.22. The molecule has 0 aliphatic rings. The normalized spacial score (nSPS) is 10.4. The zero-order valence-electron chi connectivity index (χ0n) is 14.1. The smallest absolute Gasteiger partial charge is 0.251 e. The third-order valence-electron chi connectivity index (χ3n) is 3.85. The van der Waals surface area contributed by atoms with Gasteiger partial charge in [0.05, 0.1) is 0 Å². The van der Waals surface area contributed by atoms with Crippen molar-refractivity contribution in [2.75, 3.05) is 5.32 Å². The van der Waals surface area contributed by atoms with E-state index in [1.54, 1.807) is 36.5 Å². The number of amides is 1. The lowest BCUT2D eigenvalue weighted by Gasteiger charge is -2.11. The fourth-order valence-corrected chi connectivity index (χ4v) is 2.57. The molecule has 1 heterocycles. The van der Waals surface area contributed by atoms with Crippen molar-refractivity contribution in [1.29, 1.82) is 0 Å². The van der Waals surface area contributed by atoms with Gasteiger partial charge in [-0.1, -0.05) is 29.8 Å². The maximum absolute atomic E-state index is 12.9. The molecule has 0 atom stereocenters. The quantitative estimate of drug-likeness (QED) is 0.675. The van der Waals surface area contributed by atoms with E-state index >= 15 is 0 Å². The van der Waals surface area contributed by atoms with Gasteiger partial charge < -0.3 is 10.6 Å². The number of hydrogen-bond donors (Lipinski definition) is 2. The van der Waals surface area contributed by atoms with E-state index in [9.17, 15) is 9.18 Å². The van der Waals surface area contributed by atoms with Crippen LogP contribution < -0.4 is 10.6 Å². The highest BCUT2D eigenvalue weighted by atomic mass is 35.5. The zero-order chi connectivity index (χ0) is 18.5. The van der Waals surface area contributed by atoms with Crippen molar-refractivity contribution in [3.8, 4) is 0 Å². The molecule has 0 radical (unpaired) electrons. The Morgan fingerprint density at radius 1 is 1.12 bits per heavy atom. The fraction of sp³-hybridized carbons (Fsp3) is 0.100. The molecule has 26 heavy (non-hydrogen) atoms. The summed E-state index contributed by atoms with van der Waals surface area (Å²) in [5.41, 5.74) is 3.14. The monoisotopic (exact) mass is 369 g/mol. The number of anilines is 2. The van der Waals surface area contributed by atoms with E-state index < -0.39 is 0 Å². The summed E-state index contributed by atoms with van der Waals surface area (Å²) < 4.78 is 12.9. The Morgan fingerprint density at radius 2 is 1.88 bits per heavy atom. The highest BCUT2D eigenvalue weighted by molar-refractivity contribution is 6.30. The van der Waals surface area contributed by atoms with Gasteiger partial charge in [-0.05, 0) is 54.4 Å². The maximum atomic E-state index is 12.9. The predicted octanol–water partition coefficient (Wildman–Crippen LogP) is 4.86. The molecule has 6 heteroatoms. The molecule has 0 saturated carbocycles. The van der Waals surface area contributed by atoms with Crippen molar-refractivity contribution < 1.29 is 9.18 Å². The molecular formula is C20H17ClFN3O. The summed E-state index contributed by atoms with van der Waals surface area (Å²) in [5.74, 6) is 0.00799. The van der Waals surface area contributed by atoms with Crippen molar-refractivity contribution in [3.63, 3.8) is 0 Å². The Bertz CT molecular complexity index is 929. The lowest BCUT2D eigenvalue weighted by molar-refractivity contribution is 0.0951. The molecule has 0 aliphatic heterocycles. The van der Waals surface area contributed by atoms with Crippen LogP contribution in [0.4, 0.5) is 15.9 Å². The van der Waals surface area contributed by atoms with Gasteiger partial charge in [0.25, 0.3) is 5.91 Å². The van der Waals surface area contributed by atoms with Crippen LogP contribution in [-0.2, 0) is 6.54 Å². The van der Waals surface area contributed by atoms with Gasteiger partial charge >= 0.3 is 0 Å². The molecule has 1 amide bonds. The van der Waals surface area contributed by atoms with Crippen LogP contribution in [0.2, 0.25) is 5.02 Å². The SMILES string of the molecule is Cc1ccc(Cl)cc1Nc1cc(C(=O)NCc2ccc(F)cc2)ccn1. The van der Waals surface area contributed by atoms with Crippen LogP contribution >= 0.6 is 11.6 Å². The van der Waals surface area contributed by atoms with Crippen LogP contribution in [0.3, 0.4) is 0 Å². The molecule has 2 N–H and O–H groups in total. The van der Waals surface area contributed by atoms with Gasteiger partial charge in [-0.2, -0.15) is 0 Å². The van der Waals surface area contributed by atoms with Crippen LogP contribution in [0, 0.1) is 12.7 Å². The summed E-state index contributed by atoms with van der Waals surface area (Å²) in [6.45, 7) is 2.27. The molecular weight excluding hydrogens is 353 g/mol. The number of nitrogens with zero attached hydrogens (tertiary/aromatic N) is 1. The van der Waals surface area contributed by atoms with Gasteiger partial charge in [0.15, 0.2) is 0 Å². The number of aromatic nitrogens is 1. The molecule has 0 saturated heterocycles. The molecule has 0 bridgehead atoms. The van der Waals surface area contributed by atoms with Gasteiger partial charge in [0.2, 0.25) is 0 Å². The third-order valence-corrected chi connectivity index (χ3v) is 4.09. The number of rotatable bonds is 5. The Kier molecular flexibility index (Phi) is 5.49. The van der Waals surface area contributed by atoms with E-state index in [1.807, 2.05) is 19.1 Å². The summed E-state index contributed by atoms with van der Waals surface area (Å²) in [5, 5.41) is 6.60. The van der Waals surface area contributed by atoms with E-state index in [2.05, 4.69) is 15.6 Å². The van der Waals surface area contributed by atoms with Crippen molar-refractivity contribution in [2.24, 2.45) is 0 Å². The average molecular weight is 370 g/mol. The standard InChI is InChI=1S/C20H17ClFN3O/c1-13-2-5-16(21)11-18(13)25-19-10-15(8-9-23-19)20(26)24-12-14-3-6-17(22)7-4-14/h2-11H,12H2,1H3,(H,23,25)(H,24,26). The van der Waals surface area contributed by atoms with Gasteiger partial charge in [-0.15, -0.1) is 0 Å². The molecule has 1 aromatic heterocycles. The van der Waals surface area contributed by atoms with E-state index in [1.165, 1.54) is 12.1 Å². The molecule has 0 fully saturated rings. The molecule has 3 rings (SSSR count). The van der Waals surface area contributed by atoms with Crippen LogP contribution in [0.15, 0.2) is 60.8 Å². The van der Waals surface area contributed by atoms with Gasteiger partial charge in [0, 0.05) is 29.0 Å².